The SMILES string of the molecule is CC/C=C/C/C=C/C/C=C/C/C=C/C/C=C/CCC(=O)OC(COCCC(C(=O)[O-])[N+](C)(C)C)COC(=O)CCCCCCCCCCCCCCCCCCCCCCCC. The van der Waals surface area contributed by atoms with E-state index in [-0.39, 0.29) is 43.1 Å². The number of carboxylic acid groups (broad SMARTS) is 1. The minimum absolute atomic E-state index is 0.0109. The molecule has 0 aliphatic carbocycles. The number of nitrogens with zero attached hydrogens (tertiary/aromatic N) is 1. The van der Waals surface area contributed by atoms with Gasteiger partial charge in [-0.2, -0.15) is 0 Å². The predicted molar refractivity (Wildman–Crippen MR) is 259 cm³/mol. The number of carboxylic acids is 1. The summed E-state index contributed by atoms with van der Waals surface area (Å²) < 4.78 is 17.1. The van der Waals surface area contributed by atoms with E-state index in [2.05, 4.69) is 62.5 Å². The summed E-state index contributed by atoms with van der Waals surface area (Å²) in [5.74, 6) is -1.84. The Kier molecular flexibility index (Phi) is 42.5. The lowest BCUT2D eigenvalue weighted by atomic mass is 10.0. The van der Waals surface area contributed by atoms with Gasteiger partial charge >= 0.3 is 11.9 Å². The molecular formula is C54H95NO7. The van der Waals surface area contributed by atoms with Crippen molar-refractivity contribution < 1.29 is 38.2 Å². The molecule has 2 unspecified atom stereocenters. The van der Waals surface area contributed by atoms with Gasteiger partial charge in [-0.25, -0.2) is 0 Å². The van der Waals surface area contributed by atoms with Gasteiger partial charge in [-0.15, -0.1) is 0 Å². The zero-order valence-corrected chi connectivity index (χ0v) is 40.8. The van der Waals surface area contributed by atoms with Crippen LogP contribution in [0.2, 0.25) is 0 Å². The molecule has 0 spiro atoms. The molecule has 0 aromatic carbocycles. The first-order valence-corrected chi connectivity index (χ1v) is 25.3. The largest absolute Gasteiger partial charge is 0.544 e. The van der Waals surface area contributed by atoms with Crippen molar-refractivity contribution in [3.8, 4) is 0 Å². The van der Waals surface area contributed by atoms with Crippen LogP contribution in [0.15, 0.2) is 60.8 Å². The Hall–Kier alpha value is -2.97. The van der Waals surface area contributed by atoms with Gasteiger partial charge < -0.3 is 28.6 Å². The van der Waals surface area contributed by atoms with Crippen LogP contribution >= 0.6 is 0 Å². The summed E-state index contributed by atoms with van der Waals surface area (Å²) >= 11 is 0. The van der Waals surface area contributed by atoms with Gasteiger partial charge in [0.15, 0.2) is 6.10 Å². The lowest BCUT2D eigenvalue weighted by molar-refractivity contribution is -0.889. The summed E-state index contributed by atoms with van der Waals surface area (Å²) in [6.07, 6.45) is 55.6. The minimum atomic E-state index is -1.14. The van der Waals surface area contributed by atoms with Crippen LogP contribution in [0.5, 0.6) is 0 Å². The van der Waals surface area contributed by atoms with Crippen LogP contribution < -0.4 is 5.11 Å². The van der Waals surface area contributed by atoms with Crippen LogP contribution in [0.1, 0.15) is 213 Å². The summed E-state index contributed by atoms with van der Waals surface area (Å²) in [5.41, 5.74) is 0. The van der Waals surface area contributed by atoms with E-state index in [1.165, 1.54) is 122 Å². The number of likely N-dealkylation sites (N-methyl/N-ethyl adjacent to an activating group) is 1. The van der Waals surface area contributed by atoms with Crippen molar-refractivity contribution >= 4 is 17.9 Å². The molecule has 0 fully saturated rings. The van der Waals surface area contributed by atoms with Crippen molar-refractivity contribution in [2.75, 3.05) is 41.0 Å². The van der Waals surface area contributed by atoms with Gasteiger partial charge in [-0.3, -0.25) is 9.59 Å². The molecule has 0 aromatic rings. The van der Waals surface area contributed by atoms with Gasteiger partial charge in [-0.1, -0.05) is 209 Å². The molecule has 62 heavy (non-hydrogen) atoms. The summed E-state index contributed by atoms with van der Waals surface area (Å²) in [4.78, 5) is 36.9. The maximum Gasteiger partial charge on any atom is 0.306 e. The van der Waals surface area contributed by atoms with Crippen molar-refractivity contribution in [1.82, 2.24) is 0 Å². The smallest absolute Gasteiger partial charge is 0.306 e. The summed E-state index contributed by atoms with van der Waals surface area (Å²) in [5, 5.41) is 11.6. The lowest BCUT2D eigenvalue weighted by Crippen LogP contribution is -2.55. The maximum absolute atomic E-state index is 12.7. The number of esters is 2. The number of hydrogen-bond acceptors (Lipinski definition) is 7. The van der Waals surface area contributed by atoms with Crippen molar-refractivity contribution in [3.05, 3.63) is 60.8 Å². The minimum Gasteiger partial charge on any atom is -0.544 e. The Morgan fingerprint density at radius 2 is 0.903 bits per heavy atom. The van der Waals surface area contributed by atoms with E-state index in [1.807, 2.05) is 12.2 Å². The van der Waals surface area contributed by atoms with Crippen molar-refractivity contribution in [2.24, 2.45) is 0 Å². The van der Waals surface area contributed by atoms with Crippen LogP contribution in [0.4, 0.5) is 0 Å². The highest BCUT2D eigenvalue weighted by atomic mass is 16.6. The van der Waals surface area contributed by atoms with E-state index in [4.69, 9.17) is 14.2 Å². The quantitative estimate of drug-likeness (QED) is 0.0260. The average Bonchev–Trinajstić information content (AvgIpc) is 3.23. The van der Waals surface area contributed by atoms with Crippen molar-refractivity contribution in [2.45, 2.75) is 225 Å². The fourth-order valence-electron chi connectivity index (χ4n) is 7.30. The number of unbranched alkanes of at least 4 members (excludes halogenated alkanes) is 21. The highest BCUT2D eigenvalue weighted by molar-refractivity contribution is 5.70. The van der Waals surface area contributed by atoms with Gasteiger partial charge in [-0.05, 0) is 44.9 Å². The van der Waals surface area contributed by atoms with E-state index in [9.17, 15) is 19.5 Å². The number of rotatable bonds is 45. The van der Waals surface area contributed by atoms with Gasteiger partial charge in [0.1, 0.15) is 12.6 Å². The second-order valence-electron chi connectivity index (χ2n) is 18.0. The Morgan fingerprint density at radius 1 is 0.500 bits per heavy atom. The fraction of sp³-hybridized carbons (Fsp3) is 0.759. The normalized spacial score (nSPS) is 13.4. The molecule has 0 saturated heterocycles. The maximum atomic E-state index is 12.7. The zero-order valence-electron chi connectivity index (χ0n) is 40.8. The highest BCUT2D eigenvalue weighted by Gasteiger charge is 2.25. The van der Waals surface area contributed by atoms with Crippen LogP contribution in [-0.2, 0) is 28.6 Å². The molecule has 8 heteroatoms. The van der Waals surface area contributed by atoms with Gasteiger partial charge in [0.2, 0.25) is 0 Å². The van der Waals surface area contributed by atoms with E-state index in [1.54, 1.807) is 21.1 Å². The lowest BCUT2D eigenvalue weighted by Gasteiger charge is -2.34. The first kappa shape index (κ1) is 59.0. The standard InChI is InChI=1S/C54H95NO7/c1-6-8-10-12-14-16-18-20-22-24-25-26-27-28-29-31-32-34-36-38-40-42-44-52(56)61-49-50(48-60-47-46-51(54(58)59)55(3,4)5)62-53(57)45-43-41-39-37-35-33-30-23-21-19-17-15-13-11-9-7-2/h9,11,15,17,21,23,33,35,39,41,50-51H,6-8,10,12-14,16,18-20,22,24-32,34,36-38,40,42-49H2,1-5H3/b11-9+,17-15+,23-21+,35-33+,41-39+. The molecule has 0 radical (unpaired) electrons. The molecular weight excluding hydrogens is 775 g/mol. The third-order valence-corrected chi connectivity index (χ3v) is 11.2. The number of allylic oxidation sites excluding steroid dienone is 10. The first-order chi connectivity index (χ1) is 30.1. The average molecular weight is 870 g/mol. The molecule has 358 valence electrons. The Balaban J connectivity index is 4.28. The summed E-state index contributed by atoms with van der Waals surface area (Å²) in [7, 11) is 5.39. The molecule has 0 aromatic heterocycles. The number of carbonyl (C=O) groups is 3. The molecule has 0 aliphatic heterocycles. The molecule has 8 nitrogen and oxygen atoms in total. The number of quaternary nitrogens is 1. The molecule has 0 aliphatic rings. The highest BCUT2D eigenvalue weighted by Crippen LogP contribution is 2.16. The van der Waals surface area contributed by atoms with E-state index < -0.39 is 24.1 Å². The van der Waals surface area contributed by atoms with Gasteiger partial charge in [0, 0.05) is 19.3 Å². The van der Waals surface area contributed by atoms with Crippen LogP contribution in [-0.4, -0.2) is 75.5 Å². The van der Waals surface area contributed by atoms with Crippen LogP contribution in [0.3, 0.4) is 0 Å². The van der Waals surface area contributed by atoms with E-state index >= 15 is 0 Å². The Labute approximate surface area is 381 Å². The second-order valence-corrected chi connectivity index (χ2v) is 18.0. The Morgan fingerprint density at radius 3 is 1.31 bits per heavy atom. The van der Waals surface area contributed by atoms with Crippen LogP contribution in [0.25, 0.3) is 0 Å². The van der Waals surface area contributed by atoms with Gasteiger partial charge in [0.05, 0.1) is 40.3 Å². The number of ether oxygens (including phenoxy) is 3. The summed E-state index contributed by atoms with van der Waals surface area (Å²) in [6, 6.07) is -0.740. The third kappa shape index (κ3) is 42.3. The fourth-order valence-corrected chi connectivity index (χ4v) is 7.30. The molecule has 0 saturated carbocycles. The molecule has 2 atom stereocenters. The number of carbonyl (C=O) groups excluding carboxylic acids is 3. The monoisotopic (exact) mass is 870 g/mol. The third-order valence-electron chi connectivity index (χ3n) is 11.2. The number of hydrogen-bond donors (Lipinski definition) is 0. The molecule has 0 amide bonds. The van der Waals surface area contributed by atoms with E-state index in [0.29, 0.717) is 12.8 Å². The topological polar surface area (TPSA) is 102 Å². The Bertz CT molecular complexity index is 1200. The molecule has 0 N–H and O–H groups in total. The van der Waals surface area contributed by atoms with E-state index in [0.717, 1.165) is 51.4 Å². The molecule has 0 bridgehead atoms. The molecule has 0 heterocycles. The summed E-state index contributed by atoms with van der Waals surface area (Å²) in [6.45, 7) is 4.49. The van der Waals surface area contributed by atoms with Crippen molar-refractivity contribution in [3.63, 3.8) is 0 Å². The van der Waals surface area contributed by atoms with Crippen LogP contribution in [0, 0.1) is 0 Å². The van der Waals surface area contributed by atoms with Crippen molar-refractivity contribution in [1.29, 1.82) is 0 Å². The van der Waals surface area contributed by atoms with Gasteiger partial charge in [0.25, 0.3) is 0 Å². The second kappa shape index (κ2) is 44.6. The number of aliphatic carboxylic acids is 1. The molecule has 0 rings (SSSR count). The predicted octanol–water partition coefficient (Wildman–Crippen LogP) is 13.2. The zero-order chi connectivity index (χ0) is 45.6. The first-order valence-electron chi connectivity index (χ1n) is 25.3.